The van der Waals surface area contributed by atoms with Crippen LogP contribution in [-0.4, -0.2) is 24.7 Å². The van der Waals surface area contributed by atoms with Crippen molar-refractivity contribution in [1.82, 2.24) is 5.16 Å². The molecule has 0 bridgehead atoms. The van der Waals surface area contributed by atoms with Gasteiger partial charge < -0.3 is 9.63 Å². The van der Waals surface area contributed by atoms with Gasteiger partial charge in [0, 0.05) is 10.5 Å². The van der Waals surface area contributed by atoms with Gasteiger partial charge in [-0.1, -0.05) is 5.16 Å². The second-order valence-corrected chi connectivity index (χ2v) is 6.42. The second-order valence-electron chi connectivity index (χ2n) is 3.88. The number of hydrogen-bond donors (Lipinski definition) is 2. The van der Waals surface area contributed by atoms with Crippen LogP contribution < -0.4 is 4.72 Å². The summed E-state index contributed by atoms with van der Waals surface area (Å²) >= 11 is 3.04. The quantitative estimate of drug-likeness (QED) is 0.864. The summed E-state index contributed by atoms with van der Waals surface area (Å²) in [5.41, 5.74) is 0.367. The third-order valence-electron chi connectivity index (χ3n) is 2.34. The number of aromatic carboxylic acids is 1. The van der Waals surface area contributed by atoms with Crippen LogP contribution >= 0.6 is 15.9 Å². The zero-order valence-electron chi connectivity index (χ0n) is 10.1. The van der Waals surface area contributed by atoms with Crippen LogP contribution in [0.1, 0.15) is 16.1 Å². The molecule has 2 N–H and O–H groups in total. The highest BCUT2D eigenvalue weighted by Gasteiger charge is 2.19. The molecule has 0 unspecified atom stereocenters. The van der Waals surface area contributed by atoms with Crippen molar-refractivity contribution in [1.29, 1.82) is 0 Å². The maximum absolute atomic E-state index is 12.1. The third kappa shape index (κ3) is 2.99. The Morgan fingerprint density at radius 1 is 1.40 bits per heavy atom. The molecule has 1 aromatic carbocycles. The molecule has 0 aliphatic carbocycles. The Bertz CT molecular complexity index is 769. The number of nitrogens with zero attached hydrogens (tertiary/aromatic N) is 1. The van der Waals surface area contributed by atoms with Gasteiger partial charge in [-0.3, -0.25) is 0 Å². The Morgan fingerprint density at radius 3 is 2.65 bits per heavy atom. The minimum Gasteiger partial charge on any atom is -0.478 e. The molecule has 0 saturated carbocycles. The number of carboxylic acid groups (broad SMARTS) is 1. The fourth-order valence-corrected chi connectivity index (χ4v) is 2.85. The highest BCUT2D eigenvalue weighted by molar-refractivity contribution is 9.10. The van der Waals surface area contributed by atoms with Crippen molar-refractivity contribution >= 4 is 37.8 Å². The molecule has 2 rings (SSSR count). The topological polar surface area (TPSA) is 110 Å². The molecule has 0 aliphatic rings. The maximum Gasteiger partial charge on any atom is 0.336 e. The van der Waals surface area contributed by atoms with Gasteiger partial charge in [0.25, 0.3) is 10.0 Å². The van der Waals surface area contributed by atoms with Crippen molar-refractivity contribution < 1.29 is 22.8 Å². The van der Waals surface area contributed by atoms with Gasteiger partial charge in [0.15, 0.2) is 0 Å². The number of aryl methyl sites for hydroxylation is 1. The number of benzene rings is 1. The minimum absolute atomic E-state index is 0.0395. The van der Waals surface area contributed by atoms with Gasteiger partial charge in [-0.15, -0.1) is 0 Å². The fraction of sp³-hybridized carbons (Fsp3) is 0.0909. The lowest BCUT2D eigenvalue weighted by molar-refractivity contribution is 0.0695. The first kappa shape index (κ1) is 14.5. The predicted octanol–water partition coefficient (Wildman–Crippen LogP) is 2.24. The van der Waals surface area contributed by atoms with Gasteiger partial charge in [-0.25, -0.2) is 17.9 Å². The molecule has 20 heavy (non-hydrogen) atoms. The van der Waals surface area contributed by atoms with Crippen LogP contribution in [0, 0.1) is 6.92 Å². The summed E-state index contributed by atoms with van der Waals surface area (Å²) in [7, 11) is -3.94. The summed E-state index contributed by atoms with van der Waals surface area (Å²) in [4.78, 5) is 10.8. The van der Waals surface area contributed by atoms with Gasteiger partial charge in [0.2, 0.25) is 5.88 Å². The van der Waals surface area contributed by atoms with E-state index in [4.69, 9.17) is 9.63 Å². The molecular formula is C11H9BrN2O5S. The molecule has 106 valence electrons. The van der Waals surface area contributed by atoms with Crippen LogP contribution in [-0.2, 0) is 10.0 Å². The van der Waals surface area contributed by atoms with Crippen molar-refractivity contribution in [3.63, 3.8) is 0 Å². The summed E-state index contributed by atoms with van der Waals surface area (Å²) in [5.74, 6) is -1.27. The van der Waals surface area contributed by atoms with E-state index in [0.717, 1.165) is 6.07 Å². The molecule has 2 aromatic rings. The molecule has 0 fully saturated rings. The standard InChI is InChI=1S/C11H9BrN2O5S/c1-6-4-10(19-13-6)14-20(17,18)7-2-3-9(12)8(5-7)11(15)16/h2-5,14H,1H3,(H,15,16). The van der Waals surface area contributed by atoms with Crippen LogP contribution in [0.4, 0.5) is 5.88 Å². The van der Waals surface area contributed by atoms with E-state index in [0.29, 0.717) is 10.2 Å². The van der Waals surface area contributed by atoms with E-state index in [-0.39, 0.29) is 16.3 Å². The van der Waals surface area contributed by atoms with E-state index in [1.54, 1.807) is 6.92 Å². The molecule has 0 radical (unpaired) electrons. The summed E-state index contributed by atoms with van der Waals surface area (Å²) in [6.45, 7) is 1.64. The molecule has 1 aromatic heterocycles. The van der Waals surface area contributed by atoms with Crippen LogP contribution in [0.2, 0.25) is 0 Å². The number of sulfonamides is 1. The number of hydrogen-bond acceptors (Lipinski definition) is 5. The molecular weight excluding hydrogens is 352 g/mol. The average Bonchev–Trinajstić information content (AvgIpc) is 2.73. The summed E-state index contributed by atoms with van der Waals surface area (Å²) in [6, 6.07) is 5.10. The van der Waals surface area contributed by atoms with E-state index < -0.39 is 16.0 Å². The summed E-state index contributed by atoms with van der Waals surface area (Å²) in [5, 5.41) is 12.5. The van der Waals surface area contributed by atoms with E-state index in [1.165, 1.54) is 18.2 Å². The Labute approximate surface area is 122 Å². The van der Waals surface area contributed by atoms with E-state index in [9.17, 15) is 13.2 Å². The zero-order valence-corrected chi connectivity index (χ0v) is 12.5. The maximum atomic E-state index is 12.1. The van der Waals surface area contributed by atoms with Crippen LogP contribution in [0.15, 0.2) is 38.2 Å². The highest BCUT2D eigenvalue weighted by atomic mass is 79.9. The summed E-state index contributed by atoms with van der Waals surface area (Å²) in [6.07, 6.45) is 0. The number of anilines is 1. The smallest absolute Gasteiger partial charge is 0.336 e. The molecule has 7 nitrogen and oxygen atoms in total. The molecule has 0 spiro atoms. The van der Waals surface area contributed by atoms with Gasteiger partial charge in [0.1, 0.15) is 0 Å². The Hall–Kier alpha value is -1.87. The van der Waals surface area contributed by atoms with Crippen LogP contribution in [0.5, 0.6) is 0 Å². The molecule has 0 atom stereocenters. The molecule has 9 heteroatoms. The van der Waals surface area contributed by atoms with Gasteiger partial charge in [-0.05, 0) is 41.1 Å². The number of carbonyl (C=O) groups is 1. The first-order valence-corrected chi connectivity index (χ1v) is 7.56. The van der Waals surface area contributed by atoms with Gasteiger partial charge >= 0.3 is 5.97 Å². The van der Waals surface area contributed by atoms with Crippen molar-refractivity contribution in [3.05, 3.63) is 40.0 Å². The number of halogens is 1. The lowest BCUT2D eigenvalue weighted by Gasteiger charge is -2.06. The monoisotopic (exact) mass is 360 g/mol. The number of aromatic nitrogens is 1. The van der Waals surface area contributed by atoms with Crippen molar-refractivity contribution in [2.24, 2.45) is 0 Å². The van der Waals surface area contributed by atoms with E-state index in [1.807, 2.05) is 0 Å². The Morgan fingerprint density at radius 2 is 2.10 bits per heavy atom. The third-order valence-corrected chi connectivity index (χ3v) is 4.38. The van der Waals surface area contributed by atoms with Crippen LogP contribution in [0.25, 0.3) is 0 Å². The van der Waals surface area contributed by atoms with Crippen LogP contribution in [0.3, 0.4) is 0 Å². The molecule has 1 heterocycles. The van der Waals surface area contributed by atoms with Gasteiger partial charge in [-0.2, -0.15) is 0 Å². The Kier molecular flexibility index (Phi) is 3.82. The summed E-state index contributed by atoms with van der Waals surface area (Å²) < 4.78 is 31.4. The predicted molar refractivity (Wildman–Crippen MR) is 73.1 cm³/mol. The number of rotatable bonds is 4. The minimum atomic E-state index is -3.94. The number of carboxylic acids is 1. The first-order chi connectivity index (χ1) is 9.29. The number of nitrogens with one attached hydrogen (secondary N) is 1. The second kappa shape index (κ2) is 5.25. The highest BCUT2D eigenvalue weighted by Crippen LogP contribution is 2.23. The lowest BCUT2D eigenvalue weighted by Crippen LogP contribution is -2.13. The first-order valence-electron chi connectivity index (χ1n) is 5.28. The van der Waals surface area contributed by atoms with Crippen molar-refractivity contribution in [2.75, 3.05) is 4.72 Å². The largest absolute Gasteiger partial charge is 0.478 e. The fourth-order valence-electron chi connectivity index (χ4n) is 1.44. The van der Waals surface area contributed by atoms with Crippen molar-refractivity contribution in [2.45, 2.75) is 11.8 Å². The van der Waals surface area contributed by atoms with E-state index in [2.05, 4.69) is 25.8 Å². The molecule has 0 aliphatic heterocycles. The Balaban J connectivity index is 2.39. The molecule has 0 amide bonds. The zero-order chi connectivity index (χ0) is 14.9. The van der Waals surface area contributed by atoms with E-state index >= 15 is 0 Å². The molecule has 0 saturated heterocycles. The normalized spacial score (nSPS) is 11.3. The average molecular weight is 361 g/mol. The van der Waals surface area contributed by atoms with Gasteiger partial charge in [0.05, 0.1) is 16.2 Å². The lowest BCUT2D eigenvalue weighted by atomic mass is 10.2. The van der Waals surface area contributed by atoms with Crippen molar-refractivity contribution in [3.8, 4) is 0 Å². The SMILES string of the molecule is Cc1cc(NS(=O)(=O)c2ccc(Br)c(C(=O)O)c2)on1.